The molecule has 1 aromatic carbocycles. The number of hydrogen-bond donors (Lipinski definition) is 3. The molecule has 1 aliphatic rings. The van der Waals surface area contributed by atoms with Gasteiger partial charge >= 0.3 is 0 Å². The number of fused-ring (bicyclic) bond motifs is 1. The van der Waals surface area contributed by atoms with E-state index in [0.29, 0.717) is 5.95 Å². The first-order chi connectivity index (χ1) is 9.17. The van der Waals surface area contributed by atoms with Gasteiger partial charge in [-0.25, -0.2) is 4.98 Å². The van der Waals surface area contributed by atoms with Crippen LogP contribution in [0.2, 0.25) is 0 Å². The summed E-state index contributed by atoms with van der Waals surface area (Å²) in [4.78, 5) is 19.7. The molecule has 0 radical (unpaired) electrons. The third-order valence-corrected chi connectivity index (χ3v) is 3.82. The van der Waals surface area contributed by atoms with E-state index in [2.05, 4.69) is 15.3 Å². The third-order valence-electron chi connectivity index (χ3n) is 3.82. The number of nitrogens with one attached hydrogen (secondary N) is 2. The molecule has 5 heteroatoms. The zero-order chi connectivity index (χ0) is 13.3. The molecule has 100 valence electrons. The van der Waals surface area contributed by atoms with Crippen LogP contribution < -0.4 is 11.1 Å². The van der Waals surface area contributed by atoms with E-state index in [1.807, 2.05) is 24.3 Å². The number of imidazole rings is 1. The van der Waals surface area contributed by atoms with Crippen molar-refractivity contribution in [1.29, 1.82) is 0 Å². The predicted octanol–water partition coefficient (Wildman–Crippen LogP) is 2.16. The molecule has 1 heterocycles. The molecule has 0 bridgehead atoms. The normalized spacial score (nSPS) is 18.4. The van der Waals surface area contributed by atoms with Gasteiger partial charge in [-0.05, 0) is 25.0 Å². The fourth-order valence-electron chi connectivity index (χ4n) is 2.65. The van der Waals surface area contributed by atoms with Gasteiger partial charge in [-0.1, -0.05) is 31.4 Å². The Morgan fingerprint density at radius 1 is 1.26 bits per heavy atom. The van der Waals surface area contributed by atoms with E-state index < -0.39 is 5.54 Å². The topological polar surface area (TPSA) is 83.8 Å². The average Bonchev–Trinajstić information content (AvgIpc) is 2.81. The van der Waals surface area contributed by atoms with Gasteiger partial charge in [0.2, 0.25) is 11.9 Å². The minimum absolute atomic E-state index is 0.133. The van der Waals surface area contributed by atoms with Crippen LogP contribution >= 0.6 is 0 Å². The van der Waals surface area contributed by atoms with Gasteiger partial charge in [0, 0.05) is 0 Å². The number of aromatic amines is 1. The number of carbonyl (C=O) groups excluding carboxylic acids is 1. The van der Waals surface area contributed by atoms with Crippen LogP contribution in [0.15, 0.2) is 24.3 Å². The van der Waals surface area contributed by atoms with Crippen LogP contribution in [-0.2, 0) is 4.79 Å². The first-order valence-corrected chi connectivity index (χ1v) is 6.72. The molecule has 19 heavy (non-hydrogen) atoms. The number of aromatic nitrogens is 2. The van der Waals surface area contributed by atoms with Gasteiger partial charge in [-0.2, -0.15) is 0 Å². The van der Waals surface area contributed by atoms with Crippen LogP contribution in [0.3, 0.4) is 0 Å². The molecule has 4 N–H and O–H groups in total. The quantitative estimate of drug-likeness (QED) is 0.771. The highest BCUT2D eigenvalue weighted by molar-refractivity contribution is 5.97. The van der Waals surface area contributed by atoms with E-state index in [1.54, 1.807) is 0 Å². The minimum atomic E-state index is -0.739. The number of carbonyl (C=O) groups is 1. The van der Waals surface area contributed by atoms with Gasteiger partial charge in [-0.15, -0.1) is 0 Å². The second-order valence-corrected chi connectivity index (χ2v) is 5.27. The Bertz CT molecular complexity index is 565. The molecule has 5 nitrogen and oxygen atoms in total. The van der Waals surface area contributed by atoms with Crippen molar-refractivity contribution in [1.82, 2.24) is 9.97 Å². The summed E-state index contributed by atoms with van der Waals surface area (Å²) >= 11 is 0. The van der Waals surface area contributed by atoms with Crippen molar-refractivity contribution in [2.45, 2.75) is 37.6 Å². The van der Waals surface area contributed by atoms with E-state index in [9.17, 15) is 4.79 Å². The second-order valence-electron chi connectivity index (χ2n) is 5.27. The van der Waals surface area contributed by atoms with Crippen LogP contribution in [0.4, 0.5) is 5.95 Å². The molecule has 1 aromatic heterocycles. The van der Waals surface area contributed by atoms with Crippen LogP contribution in [0, 0.1) is 0 Å². The smallest absolute Gasteiger partial charge is 0.246 e. The minimum Gasteiger partial charge on any atom is -0.324 e. The van der Waals surface area contributed by atoms with E-state index in [0.717, 1.165) is 43.1 Å². The Morgan fingerprint density at radius 3 is 2.74 bits per heavy atom. The molecule has 0 spiro atoms. The van der Waals surface area contributed by atoms with E-state index in [4.69, 9.17) is 5.73 Å². The maximum absolute atomic E-state index is 12.3. The SMILES string of the molecule is NC1(C(=O)Nc2nc3ccccc3[nH]2)CCCCC1. The van der Waals surface area contributed by atoms with Gasteiger partial charge in [-0.3, -0.25) is 10.1 Å². The molecule has 3 rings (SSSR count). The van der Waals surface area contributed by atoms with E-state index in [1.165, 1.54) is 0 Å². The molecule has 1 amide bonds. The Balaban J connectivity index is 1.78. The lowest BCUT2D eigenvalue weighted by Gasteiger charge is -2.31. The molecule has 1 aliphatic carbocycles. The van der Waals surface area contributed by atoms with Crippen molar-refractivity contribution in [3.8, 4) is 0 Å². The number of amides is 1. The van der Waals surface area contributed by atoms with Crippen molar-refractivity contribution in [3.05, 3.63) is 24.3 Å². The van der Waals surface area contributed by atoms with Crippen molar-refractivity contribution in [2.75, 3.05) is 5.32 Å². The summed E-state index contributed by atoms with van der Waals surface area (Å²) in [5.41, 5.74) is 7.20. The highest BCUT2D eigenvalue weighted by atomic mass is 16.2. The van der Waals surface area contributed by atoms with Crippen LogP contribution in [0.5, 0.6) is 0 Å². The molecule has 0 aliphatic heterocycles. The lowest BCUT2D eigenvalue weighted by Crippen LogP contribution is -2.52. The van der Waals surface area contributed by atoms with Crippen LogP contribution in [-0.4, -0.2) is 21.4 Å². The second kappa shape index (κ2) is 4.66. The number of rotatable bonds is 2. The maximum Gasteiger partial charge on any atom is 0.246 e. The molecule has 0 saturated heterocycles. The molecule has 0 atom stereocenters. The lowest BCUT2D eigenvalue weighted by atomic mass is 9.82. The van der Waals surface area contributed by atoms with Gasteiger partial charge in [0.25, 0.3) is 0 Å². The fraction of sp³-hybridized carbons (Fsp3) is 0.429. The van der Waals surface area contributed by atoms with Crippen LogP contribution in [0.1, 0.15) is 32.1 Å². The predicted molar refractivity (Wildman–Crippen MR) is 74.7 cm³/mol. The standard InChI is InChI=1S/C14H18N4O/c15-14(8-4-1-5-9-14)12(19)18-13-16-10-6-2-3-7-11(10)17-13/h2-3,6-7H,1,4-5,8-9,15H2,(H2,16,17,18,19). The van der Waals surface area contributed by atoms with Crippen molar-refractivity contribution >= 4 is 22.9 Å². The number of anilines is 1. The molecular formula is C14H18N4O. The van der Waals surface area contributed by atoms with Crippen molar-refractivity contribution in [3.63, 3.8) is 0 Å². The lowest BCUT2D eigenvalue weighted by molar-refractivity contribution is -0.122. The Hall–Kier alpha value is -1.88. The summed E-state index contributed by atoms with van der Waals surface area (Å²) in [6.07, 6.45) is 4.70. The molecular weight excluding hydrogens is 240 g/mol. The molecule has 0 unspecified atom stereocenters. The number of benzene rings is 1. The first kappa shape index (κ1) is 12.2. The van der Waals surface area contributed by atoms with Crippen molar-refractivity contribution in [2.24, 2.45) is 5.73 Å². The molecule has 2 aromatic rings. The zero-order valence-electron chi connectivity index (χ0n) is 10.8. The highest BCUT2D eigenvalue weighted by Gasteiger charge is 2.35. The third kappa shape index (κ3) is 2.33. The molecule has 1 fully saturated rings. The van der Waals surface area contributed by atoms with Gasteiger partial charge in [0.1, 0.15) is 0 Å². The van der Waals surface area contributed by atoms with E-state index >= 15 is 0 Å². The largest absolute Gasteiger partial charge is 0.324 e. The Kier molecular flexibility index (Phi) is 2.98. The summed E-state index contributed by atoms with van der Waals surface area (Å²) in [5.74, 6) is 0.341. The van der Waals surface area contributed by atoms with Gasteiger partial charge in [0.15, 0.2) is 0 Å². The number of para-hydroxylation sites is 2. The summed E-state index contributed by atoms with van der Waals surface area (Å²) in [5, 5.41) is 2.81. The first-order valence-electron chi connectivity index (χ1n) is 6.72. The Morgan fingerprint density at radius 2 is 2.00 bits per heavy atom. The maximum atomic E-state index is 12.3. The van der Waals surface area contributed by atoms with Gasteiger partial charge < -0.3 is 10.7 Å². The zero-order valence-corrected chi connectivity index (χ0v) is 10.8. The van der Waals surface area contributed by atoms with Crippen molar-refractivity contribution < 1.29 is 4.79 Å². The fourth-order valence-corrected chi connectivity index (χ4v) is 2.65. The summed E-state index contributed by atoms with van der Waals surface area (Å²) in [7, 11) is 0. The number of hydrogen-bond acceptors (Lipinski definition) is 3. The number of H-pyrrole nitrogens is 1. The monoisotopic (exact) mass is 258 g/mol. The summed E-state index contributed by atoms with van der Waals surface area (Å²) in [6, 6.07) is 7.68. The summed E-state index contributed by atoms with van der Waals surface area (Å²) < 4.78 is 0. The number of nitrogens with two attached hydrogens (primary N) is 1. The number of nitrogens with zero attached hydrogens (tertiary/aromatic N) is 1. The average molecular weight is 258 g/mol. The van der Waals surface area contributed by atoms with E-state index in [-0.39, 0.29) is 5.91 Å². The molecule has 1 saturated carbocycles. The van der Waals surface area contributed by atoms with Gasteiger partial charge in [0.05, 0.1) is 16.6 Å². The summed E-state index contributed by atoms with van der Waals surface area (Å²) in [6.45, 7) is 0. The Labute approximate surface area is 111 Å². The highest BCUT2D eigenvalue weighted by Crippen LogP contribution is 2.27. The van der Waals surface area contributed by atoms with Crippen LogP contribution in [0.25, 0.3) is 11.0 Å².